The molecule has 84 valence electrons. The lowest BCUT2D eigenvalue weighted by molar-refractivity contribution is 0.0115. The zero-order valence-electron chi connectivity index (χ0n) is 8.67. The Morgan fingerprint density at radius 3 is 2.79 bits per heavy atom. The molecule has 1 heterocycles. The third-order valence-electron chi connectivity index (χ3n) is 2.29. The van der Waals surface area contributed by atoms with Crippen molar-refractivity contribution >= 4 is 7.82 Å². The Balaban J connectivity index is 2.55. The summed E-state index contributed by atoms with van der Waals surface area (Å²) < 4.78 is 26.0. The van der Waals surface area contributed by atoms with Crippen molar-refractivity contribution in [3.05, 3.63) is 0 Å². The minimum Gasteiger partial charge on any atom is -0.372 e. The maximum absolute atomic E-state index is 11.2. The van der Waals surface area contributed by atoms with Crippen molar-refractivity contribution in [2.45, 2.75) is 45.0 Å². The molecule has 4 unspecified atom stereocenters. The summed E-state index contributed by atoms with van der Waals surface area (Å²) in [6.07, 6.45) is 1.01. The molecule has 4 atom stereocenters. The third kappa shape index (κ3) is 3.04. The summed E-state index contributed by atoms with van der Waals surface area (Å²) in [6, 6.07) is 0. The van der Waals surface area contributed by atoms with Gasteiger partial charge < -0.3 is 9.63 Å². The van der Waals surface area contributed by atoms with Crippen molar-refractivity contribution in [1.82, 2.24) is 0 Å². The number of hydrogen-bond acceptors (Lipinski definition) is 4. The van der Waals surface area contributed by atoms with E-state index in [1.54, 1.807) is 0 Å². The van der Waals surface area contributed by atoms with E-state index in [9.17, 15) is 4.57 Å². The van der Waals surface area contributed by atoms with E-state index in [1.807, 2.05) is 13.8 Å². The van der Waals surface area contributed by atoms with Gasteiger partial charge in [-0.3, -0.25) is 9.05 Å². The Morgan fingerprint density at radius 1 is 1.64 bits per heavy atom. The van der Waals surface area contributed by atoms with E-state index in [2.05, 4.69) is 4.52 Å². The molecule has 0 aliphatic carbocycles. The zero-order chi connectivity index (χ0) is 10.8. The van der Waals surface area contributed by atoms with Gasteiger partial charge in [-0.25, -0.2) is 4.57 Å². The fourth-order valence-corrected chi connectivity index (χ4v) is 2.25. The van der Waals surface area contributed by atoms with E-state index in [1.165, 1.54) is 0 Å². The van der Waals surface area contributed by atoms with Gasteiger partial charge in [0.05, 0.1) is 18.3 Å². The Morgan fingerprint density at radius 2 is 2.29 bits per heavy atom. The summed E-state index contributed by atoms with van der Waals surface area (Å²) in [4.78, 5) is 9.14. The second-order valence-electron chi connectivity index (χ2n) is 3.42. The highest BCUT2D eigenvalue weighted by Crippen LogP contribution is 2.46. The van der Waals surface area contributed by atoms with Gasteiger partial charge >= 0.3 is 7.82 Å². The average Bonchev–Trinajstić information content (AvgIpc) is 2.45. The Kier molecular flexibility index (Phi) is 4.10. The minimum atomic E-state index is -3.88. The molecule has 0 spiro atoms. The van der Waals surface area contributed by atoms with Crippen molar-refractivity contribution in [3.63, 3.8) is 0 Å². The van der Waals surface area contributed by atoms with Crippen molar-refractivity contribution in [1.29, 1.82) is 0 Å². The largest absolute Gasteiger partial charge is 0.472 e. The minimum absolute atomic E-state index is 0.0711. The molecule has 5 nitrogen and oxygen atoms in total. The van der Waals surface area contributed by atoms with Crippen molar-refractivity contribution in [2.24, 2.45) is 0 Å². The van der Waals surface area contributed by atoms with Crippen LogP contribution in [0.25, 0.3) is 0 Å². The van der Waals surface area contributed by atoms with Gasteiger partial charge in [0.1, 0.15) is 0 Å². The third-order valence-corrected chi connectivity index (χ3v) is 3.29. The zero-order valence-corrected chi connectivity index (χ0v) is 9.57. The smallest absolute Gasteiger partial charge is 0.372 e. The SMILES string of the molecule is CCC1OC(C)CC1OP(=O)(O)OC. The first-order valence-corrected chi connectivity index (χ1v) is 6.20. The number of phosphoric ester groups is 1. The fraction of sp³-hybridized carbons (Fsp3) is 1.00. The second-order valence-corrected chi connectivity index (χ2v) is 4.94. The number of hydrogen-bond donors (Lipinski definition) is 1. The van der Waals surface area contributed by atoms with Crippen LogP contribution < -0.4 is 0 Å². The first kappa shape index (κ1) is 12.1. The lowest BCUT2D eigenvalue weighted by Crippen LogP contribution is -2.22. The van der Waals surface area contributed by atoms with Crippen LogP contribution >= 0.6 is 7.82 Å². The Bertz CT molecular complexity index is 232. The molecule has 0 saturated carbocycles. The molecule has 1 rings (SSSR count). The van der Waals surface area contributed by atoms with E-state index < -0.39 is 7.82 Å². The molecule has 0 aromatic carbocycles. The summed E-state index contributed by atoms with van der Waals surface area (Å²) in [5, 5.41) is 0. The molecule has 14 heavy (non-hydrogen) atoms. The molecule has 1 N–H and O–H groups in total. The summed E-state index contributed by atoms with van der Waals surface area (Å²) in [7, 11) is -2.73. The highest BCUT2D eigenvalue weighted by molar-refractivity contribution is 7.47. The molecule has 0 radical (unpaired) electrons. The Hall–Kier alpha value is 0.0700. The molecule has 6 heteroatoms. The average molecular weight is 224 g/mol. The van der Waals surface area contributed by atoms with Crippen LogP contribution in [-0.4, -0.2) is 30.3 Å². The number of ether oxygens (including phenoxy) is 1. The van der Waals surface area contributed by atoms with E-state index >= 15 is 0 Å². The quantitative estimate of drug-likeness (QED) is 0.736. The summed E-state index contributed by atoms with van der Waals surface area (Å²) in [5.74, 6) is 0. The van der Waals surface area contributed by atoms with E-state index in [0.717, 1.165) is 13.5 Å². The Labute approximate surface area is 84.0 Å². The fourth-order valence-electron chi connectivity index (χ4n) is 1.60. The van der Waals surface area contributed by atoms with Gasteiger partial charge in [0.2, 0.25) is 0 Å². The van der Waals surface area contributed by atoms with Gasteiger partial charge in [0.15, 0.2) is 0 Å². The summed E-state index contributed by atoms with van der Waals surface area (Å²) >= 11 is 0. The predicted molar refractivity (Wildman–Crippen MR) is 51.0 cm³/mol. The van der Waals surface area contributed by atoms with Crippen LogP contribution in [0.5, 0.6) is 0 Å². The van der Waals surface area contributed by atoms with Crippen LogP contribution in [-0.2, 0) is 18.3 Å². The molecule has 0 amide bonds. The maximum Gasteiger partial charge on any atom is 0.472 e. The summed E-state index contributed by atoms with van der Waals surface area (Å²) in [6.45, 7) is 3.87. The van der Waals surface area contributed by atoms with Crippen molar-refractivity contribution in [2.75, 3.05) is 7.11 Å². The van der Waals surface area contributed by atoms with Gasteiger partial charge in [-0.05, 0) is 13.3 Å². The van der Waals surface area contributed by atoms with E-state index in [-0.39, 0.29) is 18.3 Å². The highest BCUT2D eigenvalue weighted by Gasteiger charge is 2.37. The monoisotopic (exact) mass is 224 g/mol. The van der Waals surface area contributed by atoms with Gasteiger partial charge in [-0.2, -0.15) is 0 Å². The maximum atomic E-state index is 11.2. The normalized spacial score (nSPS) is 37.0. The van der Waals surface area contributed by atoms with Crippen LogP contribution in [0.3, 0.4) is 0 Å². The molecule has 0 aromatic heterocycles. The van der Waals surface area contributed by atoms with Crippen molar-refractivity contribution in [3.8, 4) is 0 Å². The molecule has 1 fully saturated rings. The van der Waals surface area contributed by atoms with Crippen molar-refractivity contribution < 1.29 is 23.2 Å². The standard InChI is InChI=1S/C8H17O5P/c1-4-7-8(5-6(2)12-7)13-14(9,10)11-3/h6-8H,4-5H2,1-3H3,(H,9,10). The first-order chi connectivity index (χ1) is 6.48. The lowest BCUT2D eigenvalue weighted by atomic mass is 10.1. The van der Waals surface area contributed by atoms with Gasteiger partial charge in [0.25, 0.3) is 0 Å². The lowest BCUT2D eigenvalue weighted by Gasteiger charge is -2.19. The molecular formula is C8H17O5P. The molecule has 0 bridgehead atoms. The molecule has 0 aromatic rings. The molecule has 1 saturated heterocycles. The predicted octanol–water partition coefficient (Wildman–Crippen LogP) is 1.71. The second kappa shape index (κ2) is 4.73. The highest BCUT2D eigenvalue weighted by atomic mass is 31.2. The number of phosphoric acid groups is 1. The van der Waals surface area contributed by atoms with Crippen LogP contribution in [0.15, 0.2) is 0 Å². The first-order valence-electron chi connectivity index (χ1n) is 4.71. The van der Waals surface area contributed by atoms with Gasteiger partial charge in [-0.1, -0.05) is 6.92 Å². The van der Waals surface area contributed by atoms with E-state index in [4.69, 9.17) is 14.2 Å². The molecule has 1 aliphatic rings. The number of rotatable bonds is 4. The molecular weight excluding hydrogens is 207 g/mol. The van der Waals surface area contributed by atoms with Gasteiger partial charge in [-0.15, -0.1) is 0 Å². The van der Waals surface area contributed by atoms with Crippen LogP contribution in [0.2, 0.25) is 0 Å². The van der Waals surface area contributed by atoms with Gasteiger partial charge in [0, 0.05) is 13.5 Å². The van der Waals surface area contributed by atoms with E-state index in [0.29, 0.717) is 6.42 Å². The topological polar surface area (TPSA) is 65.0 Å². The summed E-state index contributed by atoms with van der Waals surface area (Å²) in [5.41, 5.74) is 0. The van der Waals surface area contributed by atoms with Crippen LogP contribution in [0.4, 0.5) is 0 Å². The van der Waals surface area contributed by atoms with Crippen LogP contribution in [0, 0.1) is 0 Å². The van der Waals surface area contributed by atoms with Crippen LogP contribution in [0.1, 0.15) is 26.7 Å². The molecule has 1 aliphatic heterocycles.